The number of hydrogen-bond acceptors (Lipinski definition) is 3. The Kier molecular flexibility index (Phi) is 2.76. The Balaban J connectivity index is 2.98. The van der Waals surface area contributed by atoms with Crippen LogP contribution in [0.2, 0.25) is 0 Å². The van der Waals surface area contributed by atoms with Gasteiger partial charge < -0.3 is 16.2 Å². The van der Waals surface area contributed by atoms with E-state index in [-0.39, 0.29) is 0 Å². The molecular formula is C9H16N2O. The van der Waals surface area contributed by atoms with Gasteiger partial charge in [0.2, 0.25) is 0 Å². The van der Waals surface area contributed by atoms with E-state index in [0.29, 0.717) is 6.61 Å². The van der Waals surface area contributed by atoms with Crippen LogP contribution in [0.5, 0.6) is 0 Å². The minimum Gasteiger partial charge on any atom is -0.402 e. The number of allylic oxidation sites excluding steroid dienone is 2. The van der Waals surface area contributed by atoms with Gasteiger partial charge in [0.25, 0.3) is 0 Å². The van der Waals surface area contributed by atoms with Crippen molar-refractivity contribution in [2.24, 2.45) is 11.5 Å². The largest absolute Gasteiger partial charge is 0.402 e. The van der Waals surface area contributed by atoms with Crippen LogP contribution in [0.4, 0.5) is 0 Å². The summed E-state index contributed by atoms with van der Waals surface area (Å²) in [6, 6.07) is 0. The first kappa shape index (κ1) is 9.13. The Morgan fingerprint density at radius 1 is 1.17 bits per heavy atom. The van der Waals surface area contributed by atoms with Crippen molar-refractivity contribution < 1.29 is 4.74 Å². The second-order valence-corrected chi connectivity index (χ2v) is 3.13. The molecule has 1 rings (SSSR count). The molecule has 0 amide bonds. The van der Waals surface area contributed by atoms with Crippen LogP contribution in [0.25, 0.3) is 0 Å². The molecular weight excluding hydrogens is 152 g/mol. The van der Waals surface area contributed by atoms with Crippen LogP contribution in [-0.2, 0) is 4.74 Å². The average molecular weight is 168 g/mol. The van der Waals surface area contributed by atoms with Gasteiger partial charge in [-0.05, 0) is 25.8 Å². The van der Waals surface area contributed by atoms with Crippen LogP contribution in [0.15, 0.2) is 22.5 Å². The van der Waals surface area contributed by atoms with Crippen LogP contribution in [0.1, 0.15) is 20.3 Å². The zero-order valence-corrected chi connectivity index (χ0v) is 7.68. The van der Waals surface area contributed by atoms with Crippen LogP contribution >= 0.6 is 0 Å². The quantitative estimate of drug-likeness (QED) is 0.564. The van der Waals surface area contributed by atoms with Crippen LogP contribution in [0, 0.1) is 0 Å². The van der Waals surface area contributed by atoms with E-state index in [1.54, 1.807) is 0 Å². The van der Waals surface area contributed by atoms with E-state index >= 15 is 0 Å². The molecule has 1 heterocycles. The van der Waals surface area contributed by atoms with Crippen molar-refractivity contribution in [1.29, 1.82) is 0 Å². The lowest BCUT2D eigenvalue weighted by Crippen LogP contribution is -2.18. The van der Waals surface area contributed by atoms with Gasteiger partial charge in [0.15, 0.2) is 0 Å². The molecule has 0 unspecified atom stereocenters. The van der Waals surface area contributed by atoms with Gasteiger partial charge in [0.1, 0.15) is 0 Å². The minimum atomic E-state index is 0.603. The van der Waals surface area contributed by atoms with Crippen molar-refractivity contribution in [3.63, 3.8) is 0 Å². The summed E-state index contributed by atoms with van der Waals surface area (Å²) in [5.41, 5.74) is 15.3. The summed E-state index contributed by atoms with van der Waals surface area (Å²) in [7, 11) is 0. The maximum absolute atomic E-state index is 5.73. The normalized spacial score (nSPS) is 26.8. The molecule has 0 aromatic carbocycles. The first-order chi connectivity index (χ1) is 5.63. The summed E-state index contributed by atoms with van der Waals surface area (Å²) in [6.45, 7) is 5.14. The van der Waals surface area contributed by atoms with Gasteiger partial charge in [0.05, 0.1) is 13.2 Å². The van der Waals surface area contributed by atoms with Gasteiger partial charge in [-0.1, -0.05) is 0 Å². The molecule has 1 aliphatic heterocycles. The van der Waals surface area contributed by atoms with E-state index in [4.69, 9.17) is 16.2 Å². The van der Waals surface area contributed by atoms with Gasteiger partial charge >= 0.3 is 0 Å². The lowest BCUT2D eigenvalue weighted by atomic mass is 9.98. The van der Waals surface area contributed by atoms with Crippen LogP contribution < -0.4 is 11.5 Å². The van der Waals surface area contributed by atoms with Gasteiger partial charge in [-0.2, -0.15) is 0 Å². The fraction of sp³-hybridized carbons (Fsp3) is 0.556. The SMILES string of the molecule is C/C(N)=C1\CCOC\C1=C(/C)N. The molecule has 3 heteroatoms. The predicted molar refractivity (Wildman–Crippen MR) is 49.2 cm³/mol. The molecule has 0 aromatic heterocycles. The molecule has 0 radical (unpaired) electrons. The third-order valence-electron chi connectivity index (χ3n) is 2.06. The summed E-state index contributed by atoms with van der Waals surface area (Å²) in [6.07, 6.45) is 0.881. The van der Waals surface area contributed by atoms with Crippen molar-refractivity contribution in [2.45, 2.75) is 20.3 Å². The zero-order chi connectivity index (χ0) is 9.14. The second kappa shape index (κ2) is 3.63. The van der Waals surface area contributed by atoms with E-state index in [9.17, 15) is 0 Å². The molecule has 0 aliphatic carbocycles. The summed E-state index contributed by atoms with van der Waals surface area (Å²) in [4.78, 5) is 0. The second-order valence-electron chi connectivity index (χ2n) is 3.13. The van der Waals surface area contributed by atoms with E-state index < -0.39 is 0 Å². The zero-order valence-electron chi connectivity index (χ0n) is 7.68. The number of rotatable bonds is 0. The Morgan fingerprint density at radius 3 is 2.17 bits per heavy atom. The molecule has 0 bridgehead atoms. The summed E-state index contributed by atoms with van der Waals surface area (Å²) in [5.74, 6) is 0. The third-order valence-corrected chi connectivity index (χ3v) is 2.06. The molecule has 3 nitrogen and oxygen atoms in total. The smallest absolute Gasteiger partial charge is 0.0736 e. The first-order valence-corrected chi connectivity index (χ1v) is 4.11. The topological polar surface area (TPSA) is 61.3 Å². The molecule has 0 saturated carbocycles. The maximum Gasteiger partial charge on any atom is 0.0736 e. The highest BCUT2D eigenvalue weighted by Gasteiger charge is 2.14. The molecule has 0 atom stereocenters. The molecule has 0 spiro atoms. The fourth-order valence-corrected chi connectivity index (χ4v) is 1.37. The standard InChI is InChI=1S/C9H16N2O/c1-6(10)8-3-4-12-5-9(8)7(2)11/h3-5,10-11H2,1-2H3/b8-6-,9-7-. The van der Waals surface area contributed by atoms with Gasteiger partial charge in [0, 0.05) is 17.0 Å². The predicted octanol–water partition coefficient (Wildman–Crippen LogP) is 0.872. The van der Waals surface area contributed by atoms with E-state index in [1.165, 1.54) is 5.57 Å². The van der Waals surface area contributed by atoms with Crippen LogP contribution in [0.3, 0.4) is 0 Å². The molecule has 68 valence electrons. The first-order valence-electron chi connectivity index (χ1n) is 4.11. The highest BCUT2D eigenvalue weighted by Crippen LogP contribution is 2.22. The molecule has 1 fully saturated rings. The maximum atomic E-state index is 5.73. The Bertz CT molecular complexity index is 207. The Labute approximate surface area is 73.1 Å². The Hall–Kier alpha value is -0.960. The van der Waals surface area contributed by atoms with E-state index in [1.807, 2.05) is 13.8 Å². The van der Waals surface area contributed by atoms with Gasteiger partial charge in [-0.15, -0.1) is 0 Å². The van der Waals surface area contributed by atoms with Crippen molar-refractivity contribution in [1.82, 2.24) is 0 Å². The number of hydrogen-bond donors (Lipinski definition) is 2. The van der Waals surface area contributed by atoms with E-state index in [0.717, 1.165) is 30.0 Å². The molecule has 12 heavy (non-hydrogen) atoms. The molecule has 0 aromatic rings. The number of nitrogens with two attached hydrogens (primary N) is 2. The molecule has 1 saturated heterocycles. The minimum absolute atomic E-state index is 0.603. The van der Waals surface area contributed by atoms with Crippen molar-refractivity contribution in [3.8, 4) is 0 Å². The third kappa shape index (κ3) is 1.80. The highest BCUT2D eigenvalue weighted by molar-refractivity contribution is 5.37. The van der Waals surface area contributed by atoms with Gasteiger partial charge in [-0.3, -0.25) is 0 Å². The Morgan fingerprint density at radius 2 is 1.75 bits per heavy atom. The summed E-state index contributed by atoms with van der Waals surface area (Å²) in [5, 5.41) is 0. The highest BCUT2D eigenvalue weighted by atomic mass is 16.5. The van der Waals surface area contributed by atoms with Crippen LogP contribution in [-0.4, -0.2) is 13.2 Å². The summed E-state index contributed by atoms with van der Waals surface area (Å²) < 4.78 is 5.30. The average Bonchev–Trinajstić information content (AvgIpc) is 2.04. The molecule has 1 aliphatic rings. The van der Waals surface area contributed by atoms with Crippen molar-refractivity contribution >= 4 is 0 Å². The fourth-order valence-electron chi connectivity index (χ4n) is 1.37. The molecule has 4 N–H and O–H groups in total. The lowest BCUT2D eigenvalue weighted by molar-refractivity contribution is 0.144. The number of ether oxygens (including phenoxy) is 1. The monoisotopic (exact) mass is 168 g/mol. The van der Waals surface area contributed by atoms with Crippen molar-refractivity contribution in [2.75, 3.05) is 13.2 Å². The lowest BCUT2D eigenvalue weighted by Gasteiger charge is -2.21. The summed E-state index contributed by atoms with van der Waals surface area (Å²) >= 11 is 0. The van der Waals surface area contributed by atoms with Crippen molar-refractivity contribution in [3.05, 3.63) is 22.5 Å². The van der Waals surface area contributed by atoms with Gasteiger partial charge in [-0.25, -0.2) is 0 Å². The van der Waals surface area contributed by atoms with E-state index in [2.05, 4.69) is 0 Å².